The Morgan fingerprint density at radius 2 is 1.25 bits per heavy atom. The van der Waals surface area contributed by atoms with Crippen LogP contribution in [0.25, 0.3) is 0 Å². The van der Waals surface area contributed by atoms with Crippen molar-refractivity contribution in [3.8, 4) is 0 Å². The number of hydrogen-bond donors (Lipinski definition) is 5. The van der Waals surface area contributed by atoms with Crippen LogP contribution in [-0.2, 0) is 75.0 Å². The van der Waals surface area contributed by atoms with Gasteiger partial charge in [-0.3, -0.25) is 23.2 Å². The summed E-state index contributed by atoms with van der Waals surface area (Å²) in [6, 6.07) is 32.2. The van der Waals surface area contributed by atoms with Crippen LogP contribution in [0, 0.1) is 0 Å². The zero-order valence-electron chi connectivity index (χ0n) is 51.0. The fourth-order valence-corrected chi connectivity index (χ4v) is 16.0. The van der Waals surface area contributed by atoms with Crippen molar-refractivity contribution in [1.29, 1.82) is 0 Å². The largest absolute Gasteiger partial charge is 0.744 e. The average Bonchev–Trinajstić information content (AvgIpc) is 1.62. The third kappa shape index (κ3) is 19.3. The third-order valence-corrected chi connectivity index (χ3v) is 21.7. The molecule has 7 rings (SSSR count). The van der Waals surface area contributed by atoms with E-state index in [1.54, 1.807) is 57.4 Å². The molecule has 0 saturated heterocycles. The molecule has 5 N–H and O–H groups in total. The molecule has 0 aromatic heterocycles. The van der Waals surface area contributed by atoms with Crippen molar-refractivity contribution < 1.29 is 89.8 Å². The standard InChI is InChI=1S/C63H77N4O19PS4/c1-62(30-15-41-88(71,72)73)52-44-49(90(77,78)79)25-28-54(52)66(57(62)21-14-22-58-63(2,31-16-42-89(74,75)76)53-45-50(91(80,81)82)26-29-55(53)67(58)35-36-85-39-40-86-38-37-83-3)34-13-7-12-23-59(68)64-32-33-65-60(69)46-24-27-51(61(70)84-4)56(43-46)87(47-17-8-5-9-18-47)48-19-10-6-11-20-48/h5-6,8-11,14,17-22,24-29,43-45H,7,12-13,15-16,23,30-42H2,1-4H3,(H5-,64,65,68,69,71,72,73,74,75,76,77,78,79,80,81,82). The van der Waals surface area contributed by atoms with Gasteiger partial charge in [-0.2, -0.15) is 29.8 Å². The Hall–Kier alpha value is -6.59. The number of methoxy groups -OCH3 is 2. The minimum atomic E-state index is -5.01. The highest BCUT2D eigenvalue weighted by Crippen LogP contribution is 2.52. The molecule has 0 spiro atoms. The Bertz CT molecular complexity index is 3940. The summed E-state index contributed by atoms with van der Waals surface area (Å²) in [4.78, 5) is 40.9. The molecule has 2 atom stereocenters. The van der Waals surface area contributed by atoms with Crippen LogP contribution in [0.15, 0.2) is 149 Å². The van der Waals surface area contributed by atoms with Gasteiger partial charge in [0.2, 0.25) is 11.6 Å². The van der Waals surface area contributed by atoms with Gasteiger partial charge in [-0.25, -0.2) is 13.2 Å². The molecule has 0 radical (unpaired) electrons. The highest BCUT2D eigenvalue weighted by atomic mass is 32.2. The number of rotatable bonds is 35. The first-order valence-corrected chi connectivity index (χ1v) is 36.8. The van der Waals surface area contributed by atoms with Crippen LogP contribution in [0.2, 0.25) is 0 Å². The van der Waals surface area contributed by atoms with E-state index in [2.05, 4.69) is 10.6 Å². The van der Waals surface area contributed by atoms with Crippen molar-refractivity contribution in [3.63, 3.8) is 0 Å². The molecule has 0 aliphatic carbocycles. The summed E-state index contributed by atoms with van der Waals surface area (Å²) in [5.41, 5.74) is 1.10. The third-order valence-electron chi connectivity index (χ3n) is 15.9. The lowest BCUT2D eigenvalue weighted by molar-refractivity contribution is -0.442. The van der Waals surface area contributed by atoms with E-state index in [1.165, 1.54) is 43.5 Å². The van der Waals surface area contributed by atoms with E-state index in [0.29, 0.717) is 82.8 Å². The molecule has 2 aliphatic rings. The lowest BCUT2D eigenvalue weighted by Gasteiger charge is -2.30. The molecule has 2 unspecified atom stereocenters. The number of carbonyl (C=O) groups excluding carboxylic acids is 3. The highest BCUT2D eigenvalue weighted by Gasteiger charge is 2.49. The van der Waals surface area contributed by atoms with Crippen LogP contribution < -0.4 is 31.4 Å². The molecule has 91 heavy (non-hydrogen) atoms. The number of fused-ring (bicyclic) bond motifs is 2. The molecule has 0 bridgehead atoms. The van der Waals surface area contributed by atoms with Crippen LogP contribution in [-0.4, -0.2) is 165 Å². The van der Waals surface area contributed by atoms with Crippen molar-refractivity contribution in [2.24, 2.45) is 0 Å². The summed E-state index contributed by atoms with van der Waals surface area (Å²) in [6.45, 7) is 5.48. The quantitative estimate of drug-likeness (QED) is 0.0101. The second-order valence-electron chi connectivity index (χ2n) is 22.2. The van der Waals surface area contributed by atoms with E-state index < -0.39 is 92.4 Å². The van der Waals surface area contributed by atoms with Crippen molar-refractivity contribution in [1.82, 2.24) is 10.6 Å². The second kappa shape index (κ2) is 31.8. The summed E-state index contributed by atoms with van der Waals surface area (Å²) in [6.07, 6.45) is 6.53. The molecule has 5 aromatic rings. The van der Waals surface area contributed by atoms with Crippen LogP contribution in [0.5, 0.6) is 0 Å². The summed E-state index contributed by atoms with van der Waals surface area (Å²) in [5, 5.41) is 8.27. The van der Waals surface area contributed by atoms with E-state index in [4.69, 9.17) is 18.9 Å². The maximum atomic E-state index is 13.6. The predicted octanol–water partition coefficient (Wildman–Crippen LogP) is 6.08. The average molecular weight is 1350 g/mol. The minimum Gasteiger partial charge on any atom is -0.744 e. The number of anilines is 1. The van der Waals surface area contributed by atoms with Gasteiger partial charge < -0.3 is 39.0 Å². The number of carbonyl (C=O) groups is 3. The van der Waals surface area contributed by atoms with E-state index in [-0.39, 0.29) is 84.0 Å². The minimum absolute atomic E-state index is 0.0256. The highest BCUT2D eigenvalue weighted by molar-refractivity contribution is 7.86. The van der Waals surface area contributed by atoms with E-state index in [9.17, 15) is 66.3 Å². The normalized spacial score (nSPS) is 17.2. The van der Waals surface area contributed by atoms with Crippen LogP contribution in [0.3, 0.4) is 0 Å². The summed E-state index contributed by atoms with van der Waals surface area (Å²) in [5.74, 6) is -2.50. The van der Waals surface area contributed by atoms with Crippen molar-refractivity contribution in [3.05, 3.63) is 161 Å². The molecule has 0 fully saturated rings. The first-order chi connectivity index (χ1) is 43.1. The maximum Gasteiger partial charge on any atom is 0.338 e. The van der Waals surface area contributed by atoms with Gasteiger partial charge in [-0.15, -0.1) is 0 Å². The molecule has 2 aliphatic heterocycles. The van der Waals surface area contributed by atoms with Gasteiger partial charge in [0, 0.05) is 78.5 Å². The number of allylic oxidation sites excluding steroid dienone is 4. The Labute approximate surface area is 533 Å². The van der Waals surface area contributed by atoms with Crippen molar-refractivity contribution in [2.75, 3.05) is 89.8 Å². The molecule has 0 saturated carbocycles. The molecule has 2 amide bonds. The number of benzene rings is 5. The van der Waals surface area contributed by atoms with Gasteiger partial charge in [0.15, 0.2) is 12.3 Å². The maximum absolute atomic E-state index is 13.6. The number of amides is 2. The molecular formula is C63H77N4O19PS4. The summed E-state index contributed by atoms with van der Waals surface area (Å²) < 4.78 is 165. The number of esters is 1. The first-order valence-electron chi connectivity index (χ1n) is 29.4. The Morgan fingerprint density at radius 1 is 0.659 bits per heavy atom. The van der Waals surface area contributed by atoms with Gasteiger partial charge in [0.05, 0.1) is 65.8 Å². The van der Waals surface area contributed by atoms with Gasteiger partial charge >= 0.3 is 5.97 Å². The summed E-state index contributed by atoms with van der Waals surface area (Å²) >= 11 is 0. The molecule has 5 aromatic carbocycles. The van der Waals surface area contributed by atoms with Crippen molar-refractivity contribution in [2.45, 2.75) is 85.8 Å². The zero-order chi connectivity index (χ0) is 66.2. The van der Waals surface area contributed by atoms with E-state index in [0.717, 1.165) is 10.6 Å². The van der Waals surface area contributed by atoms with Crippen LogP contribution in [0.4, 0.5) is 11.4 Å². The fourth-order valence-electron chi connectivity index (χ4n) is 11.5. The van der Waals surface area contributed by atoms with Crippen molar-refractivity contribution >= 4 is 99.2 Å². The lowest BCUT2D eigenvalue weighted by Crippen LogP contribution is -2.35. The van der Waals surface area contributed by atoms with Gasteiger partial charge in [0.25, 0.3) is 36.3 Å². The SMILES string of the molecule is COCCOCCOCC[N+]1=C(/C=C/C=C2/N(CCCCCC(=O)NCCNC(=O)c3ccc(C(=O)OC)c(P(c4ccccc4)c4ccccc4)c3)c3ccc(S(=O)(=O)[O-])cc3C2(C)CCCS(=O)(=O)O)C(C)(CCCS(=O)(=O)O)c2cc(S(=O)(=O)O)ccc21. The van der Waals surface area contributed by atoms with Gasteiger partial charge in [0.1, 0.15) is 16.7 Å². The topological polar surface area (TPSA) is 339 Å². The van der Waals surface area contributed by atoms with Gasteiger partial charge in [-0.1, -0.05) is 73.2 Å². The van der Waals surface area contributed by atoms with Crippen LogP contribution in [0.1, 0.15) is 97.1 Å². The number of nitrogens with zero attached hydrogens (tertiary/aromatic N) is 2. The number of nitrogens with one attached hydrogen (secondary N) is 2. The summed E-state index contributed by atoms with van der Waals surface area (Å²) in [7, 11) is -17.1. The number of hydrogen-bond acceptors (Lipinski definition) is 17. The van der Waals surface area contributed by atoms with Crippen LogP contribution >= 0.6 is 7.92 Å². The lowest BCUT2D eigenvalue weighted by atomic mass is 9.75. The molecule has 23 nitrogen and oxygen atoms in total. The predicted molar refractivity (Wildman–Crippen MR) is 345 cm³/mol. The molecule has 28 heteroatoms. The van der Waals surface area contributed by atoms with E-state index >= 15 is 0 Å². The second-order valence-corrected chi connectivity index (χ2v) is 30.3. The van der Waals surface area contributed by atoms with E-state index in [1.807, 2.05) is 70.1 Å². The molecule has 492 valence electrons. The number of unbranched alkanes of at least 4 members (excludes halogenated alkanes) is 2. The molecular weight excluding hydrogens is 1280 g/mol. The first kappa shape index (κ1) is 71.8. The Morgan fingerprint density at radius 3 is 1.86 bits per heavy atom. The smallest absolute Gasteiger partial charge is 0.338 e. The Kier molecular flexibility index (Phi) is 25.1. The number of ether oxygens (including phenoxy) is 4. The Balaban J connectivity index is 1.11. The zero-order valence-corrected chi connectivity index (χ0v) is 55.1. The fraction of sp³-hybridized carbons (Fsp3) is 0.397. The molecule has 2 heterocycles. The monoisotopic (exact) mass is 1350 g/mol. The van der Waals surface area contributed by atoms with Gasteiger partial charge in [-0.05, 0) is 131 Å².